The summed E-state index contributed by atoms with van der Waals surface area (Å²) in [5.41, 5.74) is 2.15. The zero-order chi connectivity index (χ0) is 15.0. The predicted octanol–water partition coefficient (Wildman–Crippen LogP) is 2.59. The summed E-state index contributed by atoms with van der Waals surface area (Å²) in [6.07, 6.45) is 0.661. The molecule has 0 radical (unpaired) electrons. The zero-order valence-electron chi connectivity index (χ0n) is 10.7. The van der Waals surface area contributed by atoms with Gasteiger partial charge in [-0.3, -0.25) is 0 Å². The van der Waals surface area contributed by atoms with E-state index in [9.17, 15) is 0 Å². The Balaban J connectivity index is 0.000000444. The van der Waals surface area contributed by atoms with Crippen LogP contribution in [-0.2, 0) is 6.42 Å². The molecule has 0 atom stereocenters. The fourth-order valence-electron chi connectivity index (χ4n) is 1.44. The number of thiol groups is 1. The van der Waals surface area contributed by atoms with Crippen LogP contribution in [0.25, 0.3) is 0 Å². The van der Waals surface area contributed by atoms with Crippen LogP contribution in [0.4, 0.5) is 4.79 Å². The molecule has 0 bridgehead atoms. The maximum atomic E-state index is 8.56. The van der Waals surface area contributed by atoms with Crippen LogP contribution in [0.1, 0.15) is 11.3 Å². The number of rotatable bonds is 3. The van der Waals surface area contributed by atoms with E-state index < -0.39 is 6.16 Å². The van der Waals surface area contributed by atoms with Crippen molar-refractivity contribution in [3.05, 3.63) is 47.8 Å². The fourth-order valence-corrected chi connectivity index (χ4v) is 1.63. The third-order valence-corrected chi connectivity index (χ3v) is 2.46. The van der Waals surface area contributed by atoms with Gasteiger partial charge < -0.3 is 14.9 Å². The Bertz CT molecular complexity index is 557. The van der Waals surface area contributed by atoms with Crippen molar-refractivity contribution in [2.24, 2.45) is 0 Å². The highest BCUT2D eigenvalue weighted by atomic mass is 32.1. The van der Waals surface area contributed by atoms with E-state index in [4.69, 9.17) is 19.7 Å². The first kappa shape index (κ1) is 15.8. The molecule has 1 aromatic heterocycles. The van der Waals surface area contributed by atoms with Crippen molar-refractivity contribution in [2.75, 3.05) is 7.11 Å². The summed E-state index contributed by atoms with van der Waals surface area (Å²) in [7, 11) is 1.66. The molecular weight excluding hydrogens is 280 g/mol. The smallest absolute Gasteiger partial charge is 0.497 e. The zero-order valence-corrected chi connectivity index (χ0v) is 11.6. The third kappa shape index (κ3) is 6.05. The van der Waals surface area contributed by atoms with Gasteiger partial charge in [-0.1, -0.05) is 12.1 Å². The van der Waals surface area contributed by atoms with Gasteiger partial charge in [-0.05, 0) is 23.8 Å². The van der Waals surface area contributed by atoms with Crippen LogP contribution in [0.15, 0.2) is 41.7 Å². The number of ether oxygens (including phenoxy) is 1. The SMILES string of the molecule is COc1ccc(Cc2ccnc(S)n2)cc1.O=C(O)O. The minimum absolute atomic E-state index is 0.506. The van der Waals surface area contributed by atoms with Gasteiger partial charge in [0.15, 0.2) is 5.16 Å². The number of hydrogen-bond donors (Lipinski definition) is 3. The summed E-state index contributed by atoms with van der Waals surface area (Å²) in [4.78, 5) is 16.7. The van der Waals surface area contributed by atoms with Crippen LogP contribution >= 0.6 is 12.6 Å². The predicted molar refractivity (Wildman–Crippen MR) is 75.7 cm³/mol. The van der Waals surface area contributed by atoms with E-state index in [-0.39, 0.29) is 0 Å². The van der Waals surface area contributed by atoms with Crippen LogP contribution < -0.4 is 4.74 Å². The van der Waals surface area contributed by atoms with E-state index in [0.29, 0.717) is 5.16 Å². The quantitative estimate of drug-likeness (QED) is 0.595. The average molecular weight is 294 g/mol. The van der Waals surface area contributed by atoms with E-state index in [0.717, 1.165) is 17.9 Å². The summed E-state index contributed by atoms with van der Waals surface area (Å²) in [6.45, 7) is 0. The van der Waals surface area contributed by atoms with Gasteiger partial charge in [0.2, 0.25) is 0 Å². The van der Waals surface area contributed by atoms with Crippen molar-refractivity contribution >= 4 is 18.8 Å². The van der Waals surface area contributed by atoms with Crippen LogP contribution in [0.3, 0.4) is 0 Å². The Morgan fingerprint density at radius 1 is 1.25 bits per heavy atom. The van der Waals surface area contributed by atoms with Crippen molar-refractivity contribution in [3.63, 3.8) is 0 Å². The lowest BCUT2D eigenvalue weighted by Crippen LogP contribution is -1.94. The summed E-state index contributed by atoms with van der Waals surface area (Å²) in [5.74, 6) is 0.862. The molecular formula is C13H14N2O4S. The molecule has 106 valence electrons. The molecule has 2 N–H and O–H groups in total. The summed E-state index contributed by atoms with van der Waals surface area (Å²) in [5, 5.41) is 14.5. The lowest BCUT2D eigenvalue weighted by atomic mass is 10.1. The van der Waals surface area contributed by atoms with Crippen molar-refractivity contribution in [1.29, 1.82) is 0 Å². The topological polar surface area (TPSA) is 92.5 Å². The van der Waals surface area contributed by atoms with E-state index in [1.165, 1.54) is 5.56 Å². The molecule has 0 spiro atoms. The summed E-state index contributed by atoms with van der Waals surface area (Å²) < 4.78 is 5.10. The maximum absolute atomic E-state index is 8.56. The van der Waals surface area contributed by atoms with Crippen LogP contribution in [-0.4, -0.2) is 33.4 Å². The number of carboxylic acid groups (broad SMARTS) is 2. The second-order valence-corrected chi connectivity index (χ2v) is 4.06. The van der Waals surface area contributed by atoms with Gasteiger partial charge in [0.05, 0.1) is 7.11 Å². The average Bonchev–Trinajstić information content (AvgIpc) is 2.39. The second kappa shape index (κ2) is 8.00. The highest BCUT2D eigenvalue weighted by Gasteiger charge is 1.99. The molecule has 0 aliphatic rings. The van der Waals surface area contributed by atoms with E-state index in [1.807, 2.05) is 30.3 Å². The molecule has 0 aliphatic carbocycles. The molecule has 6 nitrogen and oxygen atoms in total. The van der Waals surface area contributed by atoms with E-state index >= 15 is 0 Å². The van der Waals surface area contributed by atoms with Gasteiger partial charge in [-0.25, -0.2) is 14.8 Å². The molecule has 0 aliphatic heterocycles. The molecule has 0 fully saturated rings. The standard InChI is InChI=1S/C12H12N2OS.CH2O3/c1-15-11-4-2-9(3-5-11)8-10-6-7-13-12(16)14-10;2-1(3)4/h2-7H,8H2,1H3,(H,13,14,16);(H2,2,3,4). The first-order valence-corrected chi connectivity index (χ1v) is 6.01. The van der Waals surface area contributed by atoms with Crippen molar-refractivity contribution in [3.8, 4) is 5.75 Å². The minimum Gasteiger partial charge on any atom is -0.497 e. The van der Waals surface area contributed by atoms with Crippen molar-refractivity contribution < 1.29 is 19.7 Å². The molecule has 1 heterocycles. The second-order valence-electron chi connectivity index (χ2n) is 3.66. The molecule has 0 unspecified atom stereocenters. The van der Waals surface area contributed by atoms with Gasteiger partial charge in [0, 0.05) is 18.3 Å². The maximum Gasteiger partial charge on any atom is 0.503 e. The van der Waals surface area contributed by atoms with E-state index in [2.05, 4.69) is 22.6 Å². The normalized spacial score (nSPS) is 9.30. The Morgan fingerprint density at radius 2 is 1.85 bits per heavy atom. The lowest BCUT2D eigenvalue weighted by molar-refractivity contribution is 0.137. The molecule has 7 heteroatoms. The highest BCUT2D eigenvalue weighted by molar-refractivity contribution is 7.80. The fraction of sp³-hybridized carbons (Fsp3) is 0.154. The summed E-state index contributed by atoms with van der Waals surface area (Å²) >= 11 is 4.11. The largest absolute Gasteiger partial charge is 0.503 e. The number of hydrogen-bond acceptors (Lipinski definition) is 5. The number of benzene rings is 1. The van der Waals surface area contributed by atoms with Crippen LogP contribution in [0.5, 0.6) is 5.75 Å². The monoisotopic (exact) mass is 294 g/mol. The lowest BCUT2D eigenvalue weighted by Gasteiger charge is -2.03. The molecule has 2 aromatic rings. The third-order valence-electron chi connectivity index (χ3n) is 2.24. The Hall–Kier alpha value is -2.28. The summed E-state index contributed by atoms with van der Waals surface area (Å²) in [6, 6.07) is 9.83. The van der Waals surface area contributed by atoms with Gasteiger partial charge >= 0.3 is 6.16 Å². The van der Waals surface area contributed by atoms with Crippen molar-refractivity contribution in [1.82, 2.24) is 9.97 Å². The Morgan fingerprint density at radius 3 is 2.35 bits per heavy atom. The number of carbonyl (C=O) groups is 1. The first-order valence-electron chi connectivity index (χ1n) is 5.57. The van der Waals surface area contributed by atoms with Crippen LogP contribution in [0.2, 0.25) is 0 Å². The molecule has 2 rings (SSSR count). The van der Waals surface area contributed by atoms with Gasteiger partial charge in [-0.15, -0.1) is 12.6 Å². The van der Waals surface area contributed by atoms with Gasteiger partial charge in [0.1, 0.15) is 5.75 Å². The van der Waals surface area contributed by atoms with Crippen molar-refractivity contribution in [2.45, 2.75) is 11.6 Å². The minimum atomic E-state index is -1.83. The van der Waals surface area contributed by atoms with E-state index in [1.54, 1.807) is 13.3 Å². The molecule has 0 saturated heterocycles. The number of nitrogens with zero attached hydrogens (tertiary/aromatic N) is 2. The Kier molecular flexibility index (Phi) is 6.31. The molecule has 0 saturated carbocycles. The number of methoxy groups -OCH3 is 1. The molecule has 0 amide bonds. The first-order chi connectivity index (χ1) is 9.51. The number of aromatic nitrogens is 2. The highest BCUT2D eigenvalue weighted by Crippen LogP contribution is 2.14. The van der Waals surface area contributed by atoms with Gasteiger partial charge in [0.25, 0.3) is 0 Å². The molecule has 1 aromatic carbocycles. The Labute approximate surface area is 121 Å². The molecule has 20 heavy (non-hydrogen) atoms. The van der Waals surface area contributed by atoms with Gasteiger partial charge in [-0.2, -0.15) is 0 Å². The van der Waals surface area contributed by atoms with Crippen LogP contribution in [0, 0.1) is 0 Å².